The van der Waals surface area contributed by atoms with E-state index in [0.717, 1.165) is 48.2 Å². The Bertz CT molecular complexity index is 1020. The van der Waals surface area contributed by atoms with Crippen molar-refractivity contribution in [1.82, 2.24) is 14.8 Å². The number of urea groups is 1. The van der Waals surface area contributed by atoms with Crippen LogP contribution in [0.4, 0.5) is 9.18 Å². The molecule has 1 unspecified atom stereocenters. The van der Waals surface area contributed by atoms with Crippen LogP contribution >= 0.6 is 0 Å². The zero-order valence-electron chi connectivity index (χ0n) is 16.2. The first-order valence-electron chi connectivity index (χ1n) is 10.3. The van der Waals surface area contributed by atoms with Gasteiger partial charge in [-0.05, 0) is 54.3 Å². The molecule has 1 aliphatic carbocycles. The van der Waals surface area contributed by atoms with Crippen LogP contribution in [0.3, 0.4) is 0 Å². The lowest BCUT2D eigenvalue weighted by Gasteiger charge is -2.32. The third kappa shape index (κ3) is 3.31. The number of rotatable bonds is 2. The quantitative estimate of drug-likeness (QED) is 0.645. The van der Waals surface area contributed by atoms with E-state index in [-0.39, 0.29) is 23.9 Å². The van der Waals surface area contributed by atoms with E-state index < -0.39 is 0 Å². The van der Waals surface area contributed by atoms with Gasteiger partial charge in [-0.2, -0.15) is 0 Å². The number of hydrogen-bond acceptors (Lipinski definition) is 1. The molecule has 29 heavy (non-hydrogen) atoms. The molecule has 2 heterocycles. The van der Waals surface area contributed by atoms with Gasteiger partial charge in [0.1, 0.15) is 5.82 Å². The van der Waals surface area contributed by atoms with Gasteiger partial charge in [-0.1, -0.05) is 43.2 Å². The highest BCUT2D eigenvalue weighted by Crippen LogP contribution is 2.36. The van der Waals surface area contributed by atoms with Crippen molar-refractivity contribution >= 4 is 6.03 Å². The largest absolute Gasteiger partial charge is 0.335 e. The molecule has 1 fully saturated rings. The SMILES string of the molecule is O=C(NC1CCCC1)N1Cc2ccccc2-n2cccc2C1c1ccc(F)cc1. The number of amides is 2. The van der Waals surface area contributed by atoms with Gasteiger partial charge in [-0.3, -0.25) is 0 Å². The Morgan fingerprint density at radius 2 is 1.72 bits per heavy atom. The molecule has 1 N–H and O–H groups in total. The molecule has 4 nitrogen and oxygen atoms in total. The van der Waals surface area contributed by atoms with Crippen molar-refractivity contribution in [3.63, 3.8) is 0 Å². The van der Waals surface area contributed by atoms with Crippen LogP contribution < -0.4 is 5.32 Å². The van der Waals surface area contributed by atoms with Gasteiger partial charge in [0.05, 0.1) is 18.3 Å². The molecule has 5 heteroatoms. The van der Waals surface area contributed by atoms with E-state index >= 15 is 0 Å². The minimum atomic E-state index is -0.292. The molecule has 1 atom stereocenters. The Morgan fingerprint density at radius 1 is 0.966 bits per heavy atom. The van der Waals surface area contributed by atoms with Crippen LogP contribution in [0.5, 0.6) is 0 Å². The lowest BCUT2D eigenvalue weighted by molar-refractivity contribution is 0.176. The van der Waals surface area contributed by atoms with Gasteiger partial charge in [-0.25, -0.2) is 9.18 Å². The Hall–Kier alpha value is -3.08. The number of aromatic nitrogens is 1. The molecule has 0 radical (unpaired) electrons. The van der Waals surface area contributed by atoms with Crippen molar-refractivity contribution < 1.29 is 9.18 Å². The Balaban J connectivity index is 1.61. The van der Waals surface area contributed by atoms with Gasteiger partial charge in [0.2, 0.25) is 0 Å². The fraction of sp³-hybridized carbons (Fsp3) is 0.292. The fourth-order valence-electron chi connectivity index (χ4n) is 4.66. The lowest BCUT2D eigenvalue weighted by Crippen LogP contribution is -2.45. The maximum Gasteiger partial charge on any atom is 0.318 e. The number of halogens is 1. The standard InChI is InChI=1S/C24H24FN3O/c25-19-13-11-17(12-14-19)23-22-10-5-15-27(22)21-9-4-1-6-18(21)16-28(23)24(29)26-20-7-2-3-8-20/h1,4-6,9-15,20,23H,2-3,7-8,16H2,(H,26,29). The van der Waals surface area contributed by atoms with E-state index in [1.807, 2.05) is 35.4 Å². The second-order valence-corrected chi connectivity index (χ2v) is 7.94. The number of benzene rings is 2. The van der Waals surface area contributed by atoms with Crippen LogP contribution in [-0.2, 0) is 6.54 Å². The summed E-state index contributed by atoms with van der Waals surface area (Å²) in [5.41, 5.74) is 4.08. The van der Waals surface area contributed by atoms with Crippen molar-refractivity contribution in [2.75, 3.05) is 0 Å². The van der Waals surface area contributed by atoms with Crippen LogP contribution in [0.2, 0.25) is 0 Å². The molecule has 1 aliphatic heterocycles. The monoisotopic (exact) mass is 389 g/mol. The first-order chi connectivity index (χ1) is 14.2. The molecule has 0 bridgehead atoms. The maximum absolute atomic E-state index is 13.6. The van der Waals surface area contributed by atoms with Gasteiger partial charge in [0, 0.05) is 17.9 Å². The summed E-state index contributed by atoms with van der Waals surface area (Å²) in [5.74, 6) is -0.275. The molecular weight excluding hydrogens is 365 g/mol. The molecule has 0 spiro atoms. The minimum absolute atomic E-state index is 0.0596. The molecule has 2 amide bonds. The van der Waals surface area contributed by atoms with Gasteiger partial charge in [0.15, 0.2) is 0 Å². The highest BCUT2D eigenvalue weighted by atomic mass is 19.1. The average Bonchev–Trinajstić information content (AvgIpc) is 3.39. The summed E-state index contributed by atoms with van der Waals surface area (Å²) in [6.07, 6.45) is 6.43. The summed E-state index contributed by atoms with van der Waals surface area (Å²) in [4.78, 5) is 15.3. The third-order valence-corrected chi connectivity index (χ3v) is 6.09. The highest BCUT2D eigenvalue weighted by Gasteiger charge is 2.33. The summed E-state index contributed by atoms with van der Waals surface area (Å²) in [7, 11) is 0. The number of para-hydroxylation sites is 1. The van der Waals surface area contributed by atoms with Crippen molar-refractivity contribution in [3.05, 3.63) is 89.5 Å². The normalized spacial score (nSPS) is 18.8. The van der Waals surface area contributed by atoms with Crippen molar-refractivity contribution in [3.8, 4) is 5.69 Å². The van der Waals surface area contributed by atoms with Crippen LogP contribution in [0.1, 0.15) is 48.5 Å². The number of fused-ring (bicyclic) bond motifs is 3. The van der Waals surface area contributed by atoms with Crippen LogP contribution in [0, 0.1) is 5.82 Å². The van der Waals surface area contributed by atoms with Crippen molar-refractivity contribution in [1.29, 1.82) is 0 Å². The molecule has 1 aromatic heterocycles. The van der Waals surface area contributed by atoms with E-state index in [4.69, 9.17) is 0 Å². The number of carbonyl (C=O) groups excluding carboxylic acids is 1. The van der Waals surface area contributed by atoms with Crippen molar-refractivity contribution in [2.24, 2.45) is 0 Å². The average molecular weight is 389 g/mol. The summed E-state index contributed by atoms with van der Waals surface area (Å²) < 4.78 is 15.8. The van der Waals surface area contributed by atoms with E-state index in [2.05, 4.69) is 22.0 Å². The van der Waals surface area contributed by atoms with E-state index in [1.54, 1.807) is 12.1 Å². The molecule has 2 aromatic carbocycles. The second-order valence-electron chi connectivity index (χ2n) is 7.94. The Morgan fingerprint density at radius 3 is 2.52 bits per heavy atom. The first kappa shape index (κ1) is 18.0. The molecule has 3 aromatic rings. The van der Waals surface area contributed by atoms with Gasteiger partial charge >= 0.3 is 6.03 Å². The number of nitrogens with one attached hydrogen (secondary N) is 1. The molecule has 5 rings (SSSR count). The third-order valence-electron chi connectivity index (χ3n) is 6.09. The zero-order valence-corrected chi connectivity index (χ0v) is 16.2. The topological polar surface area (TPSA) is 37.3 Å². The highest BCUT2D eigenvalue weighted by molar-refractivity contribution is 5.76. The van der Waals surface area contributed by atoms with Crippen LogP contribution in [0.25, 0.3) is 5.69 Å². The summed E-state index contributed by atoms with van der Waals surface area (Å²) in [5, 5.41) is 3.24. The maximum atomic E-state index is 13.6. The molecule has 1 saturated carbocycles. The van der Waals surface area contributed by atoms with Crippen molar-refractivity contribution in [2.45, 2.75) is 44.3 Å². The van der Waals surface area contributed by atoms with Gasteiger partial charge in [-0.15, -0.1) is 0 Å². The molecule has 148 valence electrons. The number of nitrogens with zero attached hydrogens (tertiary/aromatic N) is 2. The number of hydrogen-bond donors (Lipinski definition) is 1. The van der Waals surface area contributed by atoms with E-state index in [0.29, 0.717) is 6.54 Å². The van der Waals surface area contributed by atoms with E-state index in [9.17, 15) is 9.18 Å². The molecule has 2 aliphatic rings. The minimum Gasteiger partial charge on any atom is -0.335 e. The number of carbonyl (C=O) groups is 1. The van der Waals surface area contributed by atoms with Gasteiger partial charge < -0.3 is 14.8 Å². The fourth-order valence-corrected chi connectivity index (χ4v) is 4.66. The Labute approximate surface area is 170 Å². The molecule has 0 saturated heterocycles. The lowest BCUT2D eigenvalue weighted by atomic mass is 10.0. The second kappa shape index (κ2) is 7.39. The summed E-state index contributed by atoms with van der Waals surface area (Å²) in [6, 6.07) is 18.6. The summed E-state index contributed by atoms with van der Waals surface area (Å²) >= 11 is 0. The van der Waals surface area contributed by atoms with E-state index in [1.165, 1.54) is 12.1 Å². The van der Waals surface area contributed by atoms with Gasteiger partial charge in [0.25, 0.3) is 0 Å². The predicted octanol–water partition coefficient (Wildman–Crippen LogP) is 5.17. The predicted molar refractivity (Wildman–Crippen MR) is 110 cm³/mol. The van der Waals surface area contributed by atoms with Crippen LogP contribution in [0.15, 0.2) is 66.9 Å². The smallest absolute Gasteiger partial charge is 0.318 e. The molecular formula is C24H24FN3O. The van der Waals surface area contributed by atoms with Crippen LogP contribution in [-0.4, -0.2) is 21.5 Å². The first-order valence-corrected chi connectivity index (χ1v) is 10.3. The summed E-state index contributed by atoms with van der Waals surface area (Å²) in [6.45, 7) is 0.498. The zero-order chi connectivity index (χ0) is 19.8. The Kier molecular flexibility index (Phi) is 4.58.